The van der Waals surface area contributed by atoms with E-state index >= 15 is 0 Å². The van der Waals surface area contributed by atoms with Gasteiger partial charge in [-0.05, 0) is 54.3 Å². The van der Waals surface area contributed by atoms with Crippen LogP contribution in [0, 0.1) is 35.0 Å². The first-order chi connectivity index (χ1) is 6.93. The minimum Gasteiger partial charge on any atom is -0.0622 e. The van der Waals surface area contributed by atoms with Crippen molar-refractivity contribution in [2.75, 3.05) is 0 Å². The van der Waals surface area contributed by atoms with Gasteiger partial charge in [0.1, 0.15) is 0 Å². The number of hydrogen-bond acceptors (Lipinski definition) is 0. The van der Waals surface area contributed by atoms with Gasteiger partial charge in [0.15, 0.2) is 0 Å². The van der Waals surface area contributed by atoms with E-state index in [9.17, 15) is 0 Å². The van der Waals surface area contributed by atoms with E-state index < -0.39 is 0 Å². The summed E-state index contributed by atoms with van der Waals surface area (Å²) in [6.07, 6.45) is 5.88. The third kappa shape index (κ3) is 1.85. The van der Waals surface area contributed by atoms with Crippen molar-refractivity contribution in [3.05, 3.63) is 0 Å². The second-order valence-electron chi connectivity index (χ2n) is 7.10. The summed E-state index contributed by atoms with van der Waals surface area (Å²) in [5, 5.41) is 0. The predicted octanol–water partition coefficient (Wildman–Crippen LogP) is 4.74. The van der Waals surface area contributed by atoms with Crippen LogP contribution in [0.5, 0.6) is 0 Å². The molecule has 0 spiro atoms. The maximum Gasteiger partial charge on any atom is -0.0323 e. The largest absolute Gasteiger partial charge is 0.0622 e. The van der Waals surface area contributed by atoms with E-state index in [4.69, 9.17) is 0 Å². The first-order valence-electron chi connectivity index (χ1n) is 6.93. The Morgan fingerprint density at radius 1 is 0.867 bits per heavy atom. The van der Waals surface area contributed by atoms with E-state index in [1.54, 1.807) is 0 Å². The summed E-state index contributed by atoms with van der Waals surface area (Å²) in [7, 11) is 0. The standard InChI is InChI=1S/C15H28/c1-10-6-7-13-14(12(10)3)11(2)8-9-15(13,4)5/h10-14H,6-9H2,1-5H3. The maximum absolute atomic E-state index is 2.51. The molecule has 5 unspecified atom stereocenters. The van der Waals surface area contributed by atoms with Crippen LogP contribution in [0.25, 0.3) is 0 Å². The fraction of sp³-hybridized carbons (Fsp3) is 1.00. The second-order valence-corrected chi connectivity index (χ2v) is 7.10. The van der Waals surface area contributed by atoms with Crippen molar-refractivity contribution in [3.63, 3.8) is 0 Å². The first-order valence-corrected chi connectivity index (χ1v) is 6.93. The van der Waals surface area contributed by atoms with Gasteiger partial charge in [-0.2, -0.15) is 0 Å². The van der Waals surface area contributed by atoms with Gasteiger partial charge in [-0.3, -0.25) is 0 Å². The van der Waals surface area contributed by atoms with Crippen LogP contribution in [-0.4, -0.2) is 0 Å². The van der Waals surface area contributed by atoms with Crippen LogP contribution in [-0.2, 0) is 0 Å². The Labute approximate surface area is 95.8 Å². The van der Waals surface area contributed by atoms with Crippen molar-refractivity contribution < 1.29 is 0 Å². The summed E-state index contributed by atoms with van der Waals surface area (Å²) in [6.45, 7) is 12.5. The third-order valence-electron chi connectivity index (χ3n) is 5.81. The first kappa shape index (κ1) is 11.5. The molecule has 0 saturated heterocycles. The molecule has 0 heteroatoms. The number of hydrogen-bond donors (Lipinski definition) is 0. The Morgan fingerprint density at radius 2 is 1.53 bits per heavy atom. The van der Waals surface area contributed by atoms with Crippen LogP contribution < -0.4 is 0 Å². The highest BCUT2D eigenvalue weighted by Crippen LogP contribution is 2.55. The van der Waals surface area contributed by atoms with Crippen molar-refractivity contribution in [2.24, 2.45) is 35.0 Å². The Kier molecular flexibility index (Phi) is 2.90. The molecule has 0 N–H and O–H groups in total. The summed E-state index contributed by atoms with van der Waals surface area (Å²) < 4.78 is 0. The van der Waals surface area contributed by atoms with Gasteiger partial charge in [0.25, 0.3) is 0 Å². The van der Waals surface area contributed by atoms with E-state index in [1.165, 1.54) is 25.7 Å². The molecule has 0 aromatic carbocycles. The van der Waals surface area contributed by atoms with Gasteiger partial charge in [0, 0.05) is 0 Å². The minimum atomic E-state index is 0.617. The van der Waals surface area contributed by atoms with Crippen LogP contribution in [0.2, 0.25) is 0 Å². The average Bonchev–Trinajstić information content (AvgIpc) is 2.17. The van der Waals surface area contributed by atoms with Crippen molar-refractivity contribution in [1.29, 1.82) is 0 Å². The Balaban J connectivity index is 2.23. The van der Waals surface area contributed by atoms with Crippen molar-refractivity contribution in [1.82, 2.24) is 0 Å². The van der Waals surface area contributed by atoms with E-state index in [0.717, 1.165) is 29.6 Å². The molecular weight excluding hydrogens is 180 g/mol. The second kappa shape index (κ2) is 3.79. The number of fused-ring (bicyclic) bond motifs is 1. The van der Waals surface area contributed by atoms with Crippen molar-refractivity contribution in [2.45, 2.75) is 60.3 Å². The van der Waals surface area contributed by atoms with Crippen molar-refractivity contribution in [3.8, 4) is 0 Å². The summed E-state index contributed by atoms with van der Waals surface area (Å²) in [6, 6.07) is 0. The van der Waals surface area contributed by atoms with Gasteiger partial charge in [0.2, 0.25) is 0 Å². The van der Waals surface area contributed by atoms with Gasteiger partial charge >= 0.3 is 0 Å². The minimum absolute atomic E-state index is 0.617. The molecule has 2 aliphatic rings. The van der Waals surface area contributed by atoms with Gasteiger partial charge < -0.3 is 0 Å². The topological polar surface area (TPSA) is 0 Å². The normalized spacial score (nSPS) is 49.8. The van der Waals surface area contributed by atoms with Crippen LogP contribution in [0.4, 0.5) is 0 Å². The molecule has 0 amide bonds. The molecule has 2 aliphatic carbocycles. The molecule has 0 nitrogen and oxygen atoms in total. The van der Waals surface area contributed by atoms with E-state index in [-0.39, 0.29) is 0 Å². The molecule has 2 fully saturated rings. The summed E-state index contributed by atoms with van der Waals surface area (Å²) in [5.41, 5.74) is 0.617. The van der Waals surface area contributed by atoms with E-state index in [2.05, 4.69) is 34.6 Å². The lowest BCUT2D eigenvalue weighted by molar-refractivity contribution is -0.0454. The molecule has 5 atom stereocenters. The monoisotopic (exact) mass is 208 g/mol. The van der Waals surface area contributed by atoms with Gasteiger partial charge in [-0.15, -0.1) is 0 Å². The van der Waals surface area contributed by atoms with Crippen molar-refractivity contribution >= 4 is 0 Å². The fourth-order valence-electron chi connectivity index (χ4n) is 4.45. The molecule has 0 aliphatic heterocycles. The zero-order chi connectivity index (χ0) is 11.2. The molecule has 88 valence electrons. The average molecular weight is 208 g/mol. The quantitative estimate of drug-likeness (QED) is 0.539. The molecule has 2 saturated carbocycles. The van der Waals surface area contributed by atoms with Crippen LogP contribution in [0.15, 0.2) is 0 Å². The van der Waals surface area contributed by atoms with E-state index in [1.807, 2.05) is 0 Å². The van der Waals surface area contributed by atoms with E-state index in [0.29, 0.717) is 5.41 Å². The molecule has 0 aromatic rings. The molecule has 15 heavy (non-hydrogen) atoms. The Hall–Kier alpha value is 0. The van der Waals surface area contributed by atoms with Gasteiger partial charge in [-0.1, -0.05) is 41.0 Å². The SMILES string of the molecule is CC1CCC2C(C(C)CCC2(C)C)C1C. The fourth-order valence-corrected chi connectivity index (χ4v) is 4.45. The molecule has 0 heterocycles. The highest BCUT2D eigenvalue weighted by Gasteiger charge is 2.47. The molecule has 2 rings (SSSR count). The smallest absolute Gasteiger partial charge is 0.0323 e. The Bertz CT molecular complexity index is 228. The zero-order valence-electron chi connectivity index (χ0n) is 11.2. The Morgan fingerprint density at radius 3 is 2.20 bits per heavy atom. The highest BCUT2D eigenvalue weighted by atomic mass is 14.5. The molecule has 0 radical (unpaired) electrons. The number of rotatable bonds is 0. The highest BCUT2D eigenvalue weighted by molar-refractivity contribution is 4.96. The summed E-state index contributed by atoms with van der Waals surface area (Å²) in [5.74, 6) is 4.91. The van der Waals surface area contributed by atoms with Gasteiger partial charge in [-0.25, -0.2) is 0 Å². The van der Waals surface area contributed by atoms with Crippen LogP contribution >= 0.6 is 0 Å². The third-order valence-corrected chi connectivity index (χ3v) is 5.81. The summed E-state index contributed by atoms with van der Waals surface area (Å²) >= 11 is 0. The predicted molar refractivity (Wildman–Crippen MR) is 66.7 cm³/mol. The molecule has 0 bridgehead atoms. The lowest BCUT2D eigenvalue weighted by Gasteiger charge is -2.54. The van der Waals surface area contributed by atoms with Crippen LogP contribution in [0.3, 0.4) is 0 Å². The molecule has 0 aromatic heterocycles. The molecular formula is C15H28. The van der Waals surface area contributed by atoms with Gasteiger partial charge in [0.05, 0.1) is 0 Å². The lowest BCUT2D eigenvalue weighted by atomic mass is 9.51. The summed E-state index contributed by atoms with van der Waals surface area (Å²) in [4.78, 5) is 0. The lowest BCUT2D eigenvalue weighted by Crippen LogP contribution is -2.46. The van der Waals surface area contributed by atoms with Crippen LogP contribution in [0.1, 0.15) is 60.3 Å². The maximum atomic E-state index is 2.51. The zero-order valence-corrected chi connectivity index (χ0v) is 11.2.